The van der Waals surface area contributed by atoms with Crippen molar-refractivity contribution in [2.45, 2.75) is 37.3 Å². The molecule has 0 unspecified atom stereocenters. The van der Waals surface area contributed by atoms with E-state index >= 15 is 0 Å². The van der Waals surface area contributed by atoms with E-state index in [9.17, 15) is 15.0 Å². The van der Waals surface area contributed by atoms with E-state index < -0.39 is 12.2 Å². The summed E-state index contributed by atoms with van der Waals surface area (Å²) in [4.78, 5) is 11.9. The maximum atomic E-state index is 11.9. The van der Waals surface area contributed by atoms with Crippen LogP contribution in [0.15, 0.2) is 24.3 Å². The molecule has 0 saturated carbocycles. The number of benzene rings is 2. The van der Waals surface area contributed by atoms with Crippen LogP contribution in [0.25, 0.3) is 10.8 Å². The minimum absolute atomic E-state index is 0.128. The van der Waals surface area contributed by atoms with Crippen molar-refractivity contribution in [1.29, 1.82) is 0 Å². The van der Waals surface area contributed by atoms with Crippen LogP contribution in [0.4, 0.5) is 0 Å². The fraction of sp³-hybridized carbons (Fsp3) is 0.353. The number of ether oxygens (including phenoxy) is 1. The van der Waals surface area contributed by atoms with Gasteiger partial charge in [0, 0.05) is 12.0 Å². The van der Waals surface area contributed by atoms with E-state index in [2.05, 4.69) is 0 Å². The van der Waals surface area contributed by atoms with Gasteiger partial charge in [0.25, 0.3) is 0 Å². The lowest BCUT2D eigenvalue weighted by Crippen LogP contribution is -2.29. The molecule has 0 radical (unpaired) electrons. The summed E-state index contributed by atoms with van der Waals surface area (Å²) in [6.45, 7) is 0. The molecule has 2 aromatic carbocycles. The van der Waals surface area contributed by atoms with Gasteiger partial charge < -0.3 is 14.9 Å². The fourth-order valence-electron chi connectivity index (χ4n) is 3.97. The molecule has 3 aliphatic rings. The highest BCUT2D eigenvalue weighted by atomic mass is 16.6. The number of hydrogen-bond donors (Lipinski definition) is 2. The first kappa shape index (κ1) is 11.9. The molecule has 106 valence electrons. The van der Waals surface area contributed by atoms with Gasteiger partial charge in [0.1, 0.15) is 24.4 Å². The third-order valence-electron chi connectivity index (χ3n) is 5.08. The molecule has 1 saturated heterocycles. The van der Waals surface area contributed by atoms with Crippen LogP contribution >= 0.6 is 0 Å². The largest absolute Gasteiger partial charge is 0.387 e. The topological polar surface area (TPSA) is 70.1 Å². The number of aliphatic hydroxyl groups excluding tert-OH is 2. The van der Waals surface area contributed by atoms with Gasteiger partial charge in [-0.15, -0.1) is 0 Å². The van der Waals surface area contributed by atoms with Gasteiger partial charge >= 0.3 is 0 Å². The zero-order chi connectivity index (χ0) is 14.3. The number of ketones is 1. The van der Waals surface area contributed by atoms with Gasteiger partial charge in [0.05, 0.1) is 0 Å². The summed E-state index contributed by atoms with van der Waals surface area (Å²) in [5.74, 6) is 0.209. The molecule has 4 heteroatoms. The fourth-order valence-corrected chi connectivity index (χ4v) is 3.97. The molecule has 4 atom stereocenters. The smallest absolute Gasteiger partial charge is 0.163 e. The second kappa shape index (κ2) is 3.71. The minimum atomic E-state index is -0.900. The lowest BCUT2D eigenvalue weighted by molar-refractivity contribution is 0.000105. The highest BCUT2D eigenvalue weighted by molar-refractivity contribution is 6.06. The van der Waals surface area contributed by atoms with Crippen LogP contribution in [0.5, 0.6) is 0 Å². The molecule has 1 aliphatic heterocycles. The Kier molecular flexibility index (Phi) is 2.10. The average molecular weight is 282 g/mol. The van der Waals surface area contributed by atoms with Gasteiger partial charge in [-0.05, 0) is 33.9 Å². The molecule has 5 rings (SSSR count). The summed E-state index contributed by atoms with van der Waals surface area (Å²) in [5, 5.41) is 22.3. The SMILES string of the molecule is O=C1CCc2c1ccc1c3c(ccc21)[C@@H](O)[C@H](O)[C@@H]1O[C@H]31. The zero-order valence-corrected chi connectivity index (χ0v) is 11.2. The monoisotopic (exact) mass is 282 g/mol. The first-order chi connectivity index (χ1) is 10.2. The van der Waals surface area contributed by atoms with E-state index in [0.29, 0.717) is 6.42 Å². The Hall–Kier alpha value is -1.75. The number of aliphatic hydroxyl groups is 2. The van der Waals surface area contributed by atoms with Crippen LogP contribution < -0.4 is 0 Å². The van der Waals surface area contributed by atoms with Crippen LogP contribution in [0.1, 0.15) is 45.7 Å². The van der Waals surface area contributed by atoms with Crippen molar-refractivity contribution in [2.24, 2.45) is 0 Å². The first-order valence-electron chi connectivity index (χ1n) is 7.30. The van der Waals surface area contributed by atoms with E-state index in [4.69, 9.17) is 4.74 Å². The van der Waals surface area contributed by atoms with Crippen molar-refractivity contribution in [2.75, 3.05) is 0 Å². The van der Waals surface area contributed by atoms with E-state index in [1.165, 1.54) is 0 Å². The molecule has 2 aliphatic carbocycles. The van der Waals surface area contributed by atoms with Crippen LogP contribution in [-0.2, 0) is 11.2 Å². The molecule has 0 aromatic heterocycles. The van der Waals surface area contributed by atoms with Gasteiger partial charge in [-0.25, -0.2) is 0 Å². The number of hydrogen-bond acceptors (Lipinski definition) is 4. The van der Waals surface area contributed by atoms with Crippen molar-refractivity contribution in [3.8, 4) is 0 Å². The van der Waals surface area contributed by atoms with Crippen molar-refractivity contribution in [1.82, 2.24) is 0 Å². The molecule has 1 heterocycles. The Balaban J connectivity index is 1.83. The van der Waals surface area contributed by atoms with E-state index in [0.717, 1.165) is 39.4 Å². The van der Waals surface area contributed by atoms with Crippen LogP contribution in [0.2, 0.25) is 0 Å². The molecule has 0 spiro atoms. The van der Waals surface area contributed by atoms with E-state index in [1.807, 2.05) is 24.3 Å². The Morgan fingerprint density at radius 2 is 1.86 bits per heavy atom. The Bertz CT molecular complexity index is 810. The average Bonchev–Trinajstić information content (AvgIpc) is 3.21. The van der Waals surface area contributed by atoms with Gasteiger partial charge in [-0.1, -0.05) is 24.3 Å². The van der Waals surface area contributed by atoms with Gasteiger partial charge in [-0.2, -0.15) is 0 Å². The first-order valence-corrected chi connectivity index (χ1v) is 7.30. The number of carbonyl (C=O) groups is 1. The summed E-state index contributed by atoms with van der Waals surface area (Å²) >= 11 is 0. The lowest BCUT2D eigenvalue weighted by Gasteiger charge is -2.24. The number of Topliss-reactive ketones (excluding diaryl/α,β-unsaturated/α-hetero) is 1. The number of rotatable bonds is 0. The summed E-state index contributed by atoms with van der Waals surface area (Å²) in [5.41, 5.74) is 3.67. The maximum Gasteiger partial charge on any atom is 0.163 e. The molecule has 4 nitrogen and oxygen atoms in total. The predicted molar refractivity (Wildman–Crippen MR) is 75.2 cm³/mol. The third-order valence-corrected chi connectivity index (χ3v) is 5.08. The molecule has 21 heavy (non-hydrogen) atoms. The van der Waals surface area contributed by atoms with Crippen molar-refractivity contribution >= 4 is 16.6 Å². The number of epoxide rings is 1. The molecule has 1 fully saturated rings. The Morgan fingerprint density at radius 1 is 1.05 bits per heavy atom. The predicted octanol–water partition coefficient (Wildman–Crippen LogP) is 1.82. The molecule has 2 aromatic rings. The lowest BCUT2D eigenvalue weighted by atomic mass is 9.83. The quantitative estimate of drug-likeness (QED) is 0.723. The van der Waals surface area contributed by atoms with Crippen molar-refractivity contribution < 1.29 is 19.7 Å². The number of aryl methyl sites for hydroxylation is 1. The standard InChI is InChI=1S/C17H14O4/c18-12-6-5-7-8-1-4-11-13(10(8)3-2-9(7)12)16-17(21-16)15(20)14(11)19/h1-4,14-17,19-20H,5-6H2/t14-,15+,16-,17+/m1/s1. The second-order valence-corrected chi connectivity index (χ2v) is 6.14. The molecule has 2 N–H and O–H groups in total. The van der Waals surface area contributed by atoms with Crippen LogP contribution in [-0.4, -0.2) is 28.2 Å². The third kappa shape index (κ3) is 1.37. The number of carbonyl (C=O) groups excluding carboxylic acids is 1. The highest BCUT2D eigenvalue weighted by Crippen LogP contribution is 2.53. The van der Waals surface area contributed by atoms with Gasteiger partial charge in [-0.3, -0.25) is 4.79 Å². The molecule has 0 bridgehead atoms. The highest BCUT2D eigenvalue weighted by Gasteiger charge is 2.54. The molecular formula is C17H14O4. The zero-order valence-electron chi connectivity index (χ0n) is 11.2. The normalized spacial score (nSPS) is 32.8. The second-order valence-electron chi connectivity index (χ2n) is 6.14. The summed E-state index contributed by atoms with van der Waals surface area (Å²) in [7, 11) is 0. The Morgan fingerprint density at radius 3 is 2.71 bits per heavy atom. The van der Waals surface area contributed by atoms with Gasteiger partial charge in [0.2, 0.25) is 0 Å². The van der Waals surface area contributed by atoms with Crippen LogP contribution in [0.3, 0.4) is 0 Å². The molecular weight excluding hydrogens is 268 g/mol. The van der Waals surface area contributed by atoms with Gasteiger partial charge in [0.15, 0.2) is 5.78 Å². The Labute approximate surface area is 121 Å². The minimum Gasteiger partial charge on any atom is -0.387 e. The summed E-state index contributed by atoms with van der Waals surface area (Å²) in [6.07, 6.45) is -0.816. The van der Waals surface area contributed by atoms with Crippen LogP contribution in [0, 0.1) is 0 Å². The van der Waals surface area contributed by atoms with Crippen molar-refractivity contribution in [3.63, 3.8) is 0 Å². The maximum absolute atomic E-state index is 11.9. The molecule has 0 amide bonds. The van der Waals surface area contributed by atoms with Crippen molar-refractivity contribution in [3.05, 3.63) is 46.5 Å². The van der Waals surface area contributed by atoms with E-state index in [-0.39, 0.29) is 18.0 Å². The van der Waals surface area contributed by atoms with E-state index in [1.54, 1.807) is 0 Å². The number of fused-ring (bicyclic) bond motifs is 7. The summed E-state index contributed by atoms with van der Waals surface area (Å²) < 4.78 is 5.56. The summed E-state index contributed by atoms with van der Waals surface area (Å²) in [6, 6.07) is 7.68.